The molecule has 2 N–H and O–H groups in total. The van der Waals surface area contributed by atoms with Crippen molar-refractivity contribution in [2.24, 2.45) is 0 Å². The Bertz CT molecular complexity index is 462. The molecule has 0 aliphatic carbocycles. The lowest BCUT2D eigenvalue weighted by Gasteiger charge is -2.06. The molecule has 0 saturated heterocycles. The molecule has 0 saturated carbocycles. The van der Waals surface area contributed by atoms with Crippen LogP contribution >= 0.6 is 11.3 Å². The first-order valence-electron chi connectivity index (χ1n) is 5.93. The molecule has 1 rings (SSSR count). The zero-order valence-corrected chi connectivity index (χ0v) is 12.0. The van der Waals surface area contributed by atoms with Gasteiger partial charge in [-0.05, 0) is 26.8 Å². The van der Waals surface area contributed by atoms with Gasteiger partial charge in [0.2, 0.25) is 0 Å². The molecule has 1 unspecified atom stereocenters. The summed E-state index contributed by atoms with van der Waals surface area (Å²) in [6.45, 7) is 5.54. The highest BCUT2D eigenvalue weighted by molar-refractivity contribution is 7.14. The molecule has 106 valence electrons. The van der Waals surface area contributed by atoms with Crippen LogP contribution in [-0.4, -0.2) is 29.4 Å². The van der Waals surface area contributed by atoms with Gasteiger partial charge in [-0.2, -0.15) is 0 Å². The number of aliphatic hydroxyl groups excluding tert-OH is 2. The molecule has 1 heterocycles. The van der Waals surface area contributed by atoms with Gasteiger partial charge in [-0.1, -0.05) is 0 Å². The summed E-state index contributed by atoms with van der Waals surface area (Å²) in [5, 5.41) is 18.3. The highest BCUT2D eigenvalue weighted by Crippen LogP contribution is 2.38. The van der Waals surface area contributed by atoms with E-state index in [1.165, 1.54) is 6.08 Å². The smallest absolute Gasteiger partial charge is 0.352 e. The molecular formula is C13H18O5S. The lowest BCUT2D eigenvalue weighted by Crippen LogP contribution is -2.05. The van der Waals surface area contributed by atoms with Gasteiger partial charge >= 0.3 is 5.97 Å². The second-order valence-electron chi connectivity index (χ2n) is 3.84. The van der Waals surface area contributed by atoms with Crippen molar-refractivity contribution in [1.29, 1.82) is 0 Å². The molecule has 0 spiro atoms. The van der Waals surface area contributed by atoms with E-state index in [9.17, 15) is 9.90 Å². The minimum absolute atomic E-state index is 0.139. The summed E-state index contributed by atoms with van der Waals surface area (Å²) < 4.78 is 10.4. The van der Waals surface area contributed by atoms with Crippen molar-refractivity contribution in [3.63, 3.8) is 0 Å². The van der Waals surface area contributed by atoms with Crippen molar-refractivity contribution >= 4 is 17.3 Å². The molecule has 0 aromatic carbocycles. The normalized spacial score (nSPS) is 12.6. The molecule has 0 bridgehead atoms. The van der Waals surface area contributed by atoms with E-state index in [-0.39, 0.29) is 13.2 Å². The molecule has 0 fully saturated rings. The topological polar surface area (TPSA) is 76.0 Å². The average molecular weight is 286 g/mol. The van der Waals surface area contributed by atoms with Crippen LogP contribution in [0.3, 0.4) is 0 Å². The number of ether oxygens (including phenoxy) is 2. The van der Waals surface area contributed by atoms with E-state index >= 15 is 0 Å². The third-order valence-corrected chi connectivity index (χ3v) is 3.82. The van der Waals surface area contributed by atoms with Gasteiger partial charge in [-0.15, -0.1) is 11.3 Å². The minimum atomic E-state index is -0.677. The minimum Gasteiger partial charge on any atom is -0.516 e. The Labute approximate surface area is 116 Å². The van der Waals surface area contributed by atoms with E-state index in [1.807, 2.05) is 0 Å². The zero-order valence-electron chi connectivity index (χ0n) is 11.2. The SMILES string of the molecule is CCOC(=O)c1sc(C(C)O)c(C)c1OC/C=C\O. The fourth-order valence-electron chi connectivity index (χ4n) is 1.59. The first-order chi connectivity index (χ1) is 9.02. The number of carbonyl (C=O) groups is 1. The van der Waals surface area contributed by atoms with Crippen molar-refractivity contribution in [3.8, 4) is 5.75 Å². The highest BCUT2D eigenvalue weighted by Gasteiger charge is 2.24. The summed E-state index contributed by atoms with van der Waals surface area (Å²) in [6, 6.07) is 0. The van der Waals surface area contributed by atoms with Gasteiger partial charge < -0.3 is 19.7 Å². The first-order valence-corrected chi connectivity index (χ1v) is 6.75. The molecule has 6 heteroatoms. The van der Waals surface area contributed by atoms with Crippen LogP contribution in [0.4, 0.5) is 0 Å². The van der Waals surface area contributed by atoms with E-state index in [4.69, 9.17) is 14.6 Å². The number of carbonyl (C=O) groups excluding carboxylic acids is 1. The number of esters is 1. The van der Waals surface area contributed by atoms with Gasteiger partial charge in [0.05, 0.1) is 19.0 Å². The fourth-order valence-corrected chi connectivity index (χ4v) is 2.68. The molecule has 0 aliphatic heterocycles. The van der Waals surface area contributed by atoms with Crippen LogP contribution in [0.15, 0.2) is 12.3 Å². The van der Waals surface area contributed by atoms with E-state index in [1.54, 1.807) is 20.8 Å². The number of hydrogen-bond donors (Lipinski definition) is 2. The Kier molecular flexibility index (Phi) is 5.85. The Morgan fingerprint density at radius 1 is 1.53 bits per heavy atom. The van der Waals surface area contributed by atoms with Crippen LogP contribution in [0.25, 0.3) is 0 Å². The first kappa shape index (κ1) is 15.5. The standard InChI is InChI=1S/C13H18O5S/c1-4-17-13(16)12-10(18-7-5-6-14)8(2)11(19-12)9(3)15/h5-6,9,14-15H,4,7H2,1-3H3/b6-5-. The predicted molar refractivity (Wildman–Crippen MR) is 72.9 cm³/mol. The summed E-state index contributed by atoms with van der Waals surface area (Å²) >= 11 is 1.16. The van der Waals surface area contributed by atoms with Gasteiger partial charge in [0.15, 0.2) is 4.88 Å². The third kappa shape index (κ3) is 3.71. The van der Waals surface area contributed by atoms with Crippen molar-refractivity contribution < 1.29 is 24.5 Å². The van der Waals surface area contributed by atoms with E-state index in [0.29, 0.717) is 15.5 Å². The van der Waals surface area contributed by atoms with E-state index in [2.05, 4.69) is 0 Å². The van der Waals surface area contributed by atoms with Crippen LogP contribution < -0.4 is 4.74 Å². The average Bonchev–Trinajstić information content (AvgIpc) is 2.68. The quantitative estimate of drug-likeness (QED) is 0.621. The lowest BCUT2D eigenvalue weighted by atomic mass is 10.2. The van der Waals surface area contributed by atoms with Gasteiger partial charge in [-0.3, -0.25) is 0 Å². The second-order valence-corrected chi connectivity index (χ2v) is 4.89. The summed E-state index contributed by atoms with van der Waals surface area (Å²) in [6.07, 6.45) is 1.61. The molecule has 1 atom stereocenters. The molecule has 5 nitrogen and oxygen atoms in total. The van der Waals surface area contributed by atoms with Crippen molar-refractivity contribution in [2.75, 3.05) is 13.2 Å². The Morgan fingerprint density at radius 3 is 2.74 bits per heavy atom. The summed E-state index contributed by atoms with van der Waals surface area (Å²) in [5.74, 6) is -0.0667. The zero-order chi connectivity index (χ0) is 14.4. The molecule has 0 amide bonds. The second kappa shape index (κ2) is 7.16. The summed E-state index contributed by atoms with van der Waals surface area (Å²) in [7, 11) is 0. The number of hydrogen-bond acceptors (Lipinski definition) is 6. The lowest BCUT2D eigenvalue weighted by molar-refractivity contribution is 0.0528. The molecular weight excluding hydrogens is 268 g/mol. The van der Waals surface area contributed by atoms with Crippen LogP contribution in [0.1, 0.15) is 40.1 Å². The Morgan fingerprint density at radius 2 is 2.21 bits per heavy atom. The molecule has 19 heavy (non-hydrogen) atoms. The maximum atomic E-state index is 11.8. The molecule has 0 radical (unpaired) electrons. The maximum absolute atomic E-state index is 11.8. The van der Waals surface area contributed by atoms with Gasteiger partial charge in [0.1, 0.15) is 12.4 Å². The van der Waals surface area contributed by atoms with Crippen LogP contribution in [0.2, 0.25) is 0 Å². The van der Waals surface area contributed by atoms with E-state index in [0.717, 1.165) is 23.2 Å². The number of rotatable bonds is 6. The molecule has 1 aromatic heterocycles. The largest absolute Gasteiger partial charge is 0.516 e. The van der Waals surface area contributed by atoms with Gasteiger partial charge in [0, 0.05) is 10.4 Å². The van der Waals surface area contributed by atoms with Crippen LogP contribution in [-0.2, 0) is 4.74 Å². The van der Waals surface area contributed by atoms with Crippen molar-refractivity contribution in [2.45, 2.75) is 26.9 Å². The number of aliphatic hydroxyl groups is 2. The monoisotopic (exact) mass is 286 g/mol. The Hall–Kier alpha value is -1.53. The predicted octanol–water partition coefficient (Wildman–Crippen LogP) is 2.74. The van der Waals surface area contributed by atoms with Gasteiger partial charge in [-0.25, -0.2) is 4.79 Å². The number of thiophene rings is 1. The maximum Gasteiger partial charge on any atom is 0.352 e. The summed E-state index contributed by atoms with van der Waals surface area (Å²) in [5.41, 5.74) is 0.717. The van der Waals surface area contributed by atoms with Gasteiger partial charge in [0.25, 0.3) is 0 Å². The van der Waals surface area contributed by atoms with E-state index < -0.39 is 12.1 Å². The van der Waals surface area contributed by atoms with Crippen molar-refractivity contribution in [1.82, 2.24) is 0 Å². The molecule has 0 aliphatic rings. The third-order valence-electron chi connectivity index (χ3n) is 2.40. The van der Waals surface area contributed by atoms with Crippen LogP contribution in [0.5, 0.6) is 5.75 Å². The summed E-state index contributed by atoms with van der Waals surface area (Å²) in [4.78, 5) is 12.9. The van der Waals surface area contributed by atoms with Crippen molar-refractivity contribution in [3.05, 3.63) is 27.7 Å². The fraction of sp³-hybridized carbons (Fsp3) is 0.462. The van der Waals surface area contributed by atoms with Crippen LogP contribution in [0, 0.1) is 6.92 Å². The molecule has 1 aromatic rings. The Balaban J connectivity index is 3.11. The highest BCUT2D eigenvalue weighted by atomic mass is 32.1.